The van der Waals surface area contributed by atoms with Crippen molar-refractivity contribution in [3.63, 3.8) is 0 Å². The smallest absolute Gasteiger partial charge is 0.254 e. The van der Waals surface area contributed by atoms with E-state index in [1.54, 1.807) is 12.3 Å². The number of aliphatic hydroxyl groups excluding tert-OH is 1. The number of anilines is 1. The van der Waals surface area contributed by atoms with E-state index in [-0.39, 0.29) is 0 Å². The first-order valence-electron chi connectivity index (χ1n) is 3.70. The van der Waals surface area contributed by atoms with Crippen LogP contribution >= 0.6 is 22.6 Å². The summed E-state index contributed by atoms with van der Waals surface area (Å²) >= 11 is 2.06. The summed E-state index contributed by atoms with van der Waals surface area (Å²) < 4.78 is 0.842. The van der Waals surface area contributed by atoms with Gasteiger partial charge in [-0.05, 0) is 41.6 Å². The molecule has 0 saturated carbocycles. The average molecular weight is 292 g/mol. The zero-order valence-electron chi connectivity index (χ0n) is 6.99. The van der Waals surface area contributed by atoms with Crippen LogP contribution in [0, 0.1) is 3.57 Å². The van der Waals surface area contributed by atoms with Crippen LogP contribution in [-0.2, 0) is 4.79 Å². The number of carbonyl (C=O) groups excluding carboxylic acids is 1. The van der Waals surface area contributed by atoms with Crippen LogP contribution in [0.1, 0.15) is 6.92 Å². The van der Waals surface area contributed by atoms with Gasteiger partial charge in [0.05, 0.1) is 3.57 Å². The molecule has 0 aliphatic heterocycles. The van der Waals surface area contributed by atoms with Crippen molar-refractivity contribution in [3.8, 4) is 0 Å². The van der Waals surface area contributed by atoms with E-state index in [4.69, 9.17) is 5.11 Å². The number of hydrogen-bond donors (Lipinski definition) is 2. The van der Waals surface area contributed by atoms with Crippen molar-refractivity contribution in [2.24, 2.45) is 0 Å². The number of rotatable bonds is 2. The number of carbonyl (C=O) groups is 1. The van der Waals surface area contributed by atoms with E-state index < -0.39 is 12.0 Å². The zero-order chi connectivity index (χ0) is 9.84. The summed E-state index contributed by atoms with van der Waals surface area (Å²) in [7, 11) is 0. The van der Waals surface area contributed by atoms with Crippen LogP contribution in [0.25, 0.3) is 0 Å². The van der Waals surface area contributed by atoms with Crippen LogP contribution < -0.4 is 5.32 Å². The first kappa shape index (κ1) is 10.4. The monoisotopic (exact) mass is 292 g/mol. The van der Waals surface area contributed by atoms with Crippen LogP contribution in [0.4, 0.5) is 5.82 Å². The van der Waals surface area contributed by atoms with Crippen LogP contribution in [-0.4, -0.2) is 22.1 Å². The molecule has 70 valence electrons. The highest BCUT2D eigenvalue weighted by Gasteiger charge is 2.10. The standard InChI is InChI=1S/C8H9IN2O2/c1-5(12)8(13)11-7-6(9)3-2-4-10-7/h2-5,12H,1H3,(H,10,11,13)/t5-/m0/s1. The lowest BCUT2D eigenvalue weighted by molar-refractivity contribution is -0.123. The second-order valence-corrected chi connectivity index (χ2v) is 3.66. The maximum Gasteiger partial charge on any atom is 0.254 e. The Hall–Kier alpha value is -0.690. The van der Waals surface area contributed by atoms with E-state index in [2.05, 4.69) is 32.9 Å². The normalized spacial score (nSPS) is 12.2. The predicted octanol–water partition coefficient (Wildman–Crippen LogP) is 1.01. The summed E-state index contributed by atoms with van der Waals surface area (Å²) in [5, 5.41) is 11.4. The first-order valence-corrected chi connectivity index (χ1v) is 4.78. The van der Waals surface area contributed by atoms with E-state index >= 15 is 0 Å². The van der Waals surface area contributed by atoms with Gasteiger partial charge in [-0.1, -0.05) is 0 Å². The lowest BCUT2D eigenvalue weighted by Crippen LogP contribution is -2.25. The Kier molecular flexibility index (Phi) is 3.61. The SMILES string of the molecule is C[C@H](O)C(=O)Nc1ncccc1I. The summed E-state index contributed by atoms with van der Waals surface area (Å²) in [5.41, 5.74) is 0. The second kappa shape index (κ2) is 4.52. The van der Waals surface area contributed by atoms with Gasteiger partial charge in [0.1, 0.15) is 11.9 Å². The molecular weight excluding hydrogens is 283 g/mol. The summed E-state index contributed by atoms with van der Waals surface area (Å²) in [6.07, 6.45) is 0.567. The third kappa shape index (κ3) is 2.92. The van der Waals surface area contributed by atoms with Gasteiger partial charge in [0, 0.05) is 6.20 Å². The first-order chi connectivity index (χ1) is 6.11. The lowest BCUT2D eigenvalue weighted by Gasteiger charge is -2.06. The van der Waals surface area contributed by atoms with Crippen molar-refractivity contribution < 1.29 is 9.90 Å². The third-order valence-corrected chi connectivity index (χ3v) is 2.25. The molecule has 0 bridgehead atoms. The van der Waals surface area contributed by atoms with Gasteiger partial charge in [0.25, 0.3) is 5.91 Å². The highest BCUT2D eigenvalue weighted by Crippen LogP contribution is 2.13. The Morgan fingerprint density at radius 3 is 3.00 bits per heavy atom. The molecule has 0 saturated heterocycles. The summed E-state index contributed by atoms with van der Waals surface area (Å²) in [6.45, 7) is 1.41. The van der Waals surface area contributed by atoms with Crippen LogP contribution in [0.15, 0.2) is 18.3 Å². The van der Waals surface area contributed by atoms with Crippen molar-refractivity contribution in [1.29, 1.82) is 0 Å². The quantitative estimate of drug-likeness (QED) is 0.800. The molecule has 5 heteroatoms. The molecule has 1 rings (SSSR count). The largest absolute Gasteiger partial charge is 0.384 e. The minimum atomic E-state index is -1.02. The fourth-order valence-electron chi connectivity index (χ4n) is 0.699. The van der Waals surface area contributed by atoms with E-state index in [0.29, 0.717) is 5.82 Å². The lowest BCUT2D eigenvalue weighted by atomic mass is 10.4. The molecule has 0 unspecified atom stereocenters. The molecule has 0 aromatic carbocycles. The molecule has 13 heavy (non-hydrogen) atoms. The van der Waals surface area contributed by atoms with Crippen LogP contribution in [0.5, 0.6) is 0 Å². The van der Waals surface area contributed by atoms with E-state index in [9.17, 15) is 4.79 Å². The highest BCUT2D eigenvalue weighted by atomic mass is 127. The maximum absolute atomic E-state index is 11.1. The number of nitrogens with one attached hydrogen (secondary N) is 1. The Morgan fingerprint density at radius 2 is 2.46 bits per heavy atom. The number of hydrogen-bond acceptors (Lipinski definition) is 3. The predicted molar refractivity (Wildman–Crippen MR) is 57.3 cm³/mol. The molecule has 1 amide bonds. The minimum absolute atomic E-state index is 0.448. The number of amides is 1. The van der Waals surface area contributed by atoms with E-state index in [0.717, 1.165) is 3.57 Å². The van der Waals surface area contributed by atoms with E-state index in [1.807, 2.05) is 6.07 Å². The summed E-state index contributed by atoms with van der Waals surface area (Å²) in [6, 6.07) is 3.60. The molecule has 0 aliphatic carbocycles. The summed E-state index contributed by atoms with van der Waals surface area (Å²) in [4.78, 5) is 15.0. The molecule has 1 aromatic heterocycles. The summed E-state index contributed by atoms with van der Waals surface area (Å²) in [5.74, 6) is 0.0330. The van der Waals surface area contributed by atoms with Gasteiger partial charge in [-0.25, -0.2) is 4.98 Å². The van der Waals surface area contributed by atoms with Gasteiger partial charge in [-0.3, -0.25) is 4.79 Å². The van der Waals surface area contributed by atoms with Gasteiger partial charge in [0.15, 0.2) is 0 Å². The fourth-order valence-corrected chi connectivity index (χ4v) is 1.18. The van der Waals surface area contributed by atoms with Gasteiger partial charge in [0.2, 0.25) is 0 Å². The molecule has 4 nitrogen and oxygen atoms in total. The van der Waals surface area contributed by atoms with Crippen molar-refractivity contribution in [3.05, 3.63) is 21.9 Å². The number of nitrogens with zero attached hydrogens (tertiary/aromatic N) is 1. The number of halogens is 1. The molecule has 0 radical (unpaired) electrons. The number of aliphatic hydroxyl groups is 1. The Bertz CT molecular complexity index is 315. The number of pyridine rings is 1. The van der Waals surface area contributed by atoms with Gasteiger partial charge < -0.3 is 10.4 Å². The van der Waals surface area contributed by atoms with Crippen molar-refractivity contribution in [2.75, 3.05) is 5.32 Å². The van der Waals surface area contributed by atoms with E-state index in [1.165, 1.54) is 6.92 Å². The van der Waals surface area contributed by atoms with Crippen LogP contribution in [0.3, 0.4) is 0 Å². The van der Waals surface area contributed by atoms with Gasteiger partial charge in [-0.2, -0.15) is 0 Å². The van der Waals surface area contributed by atoms with Crippen LogP contribution in [0.2, 0.25) is 0 Å². The molecular formula is C8H9IN2O2. The Balaban J connectivity index is 2.75. The van der Waals surface area contributed by atoms with Crippen molar-refractivity contribution in [2.45, 2.75) is 13.0 Å². The molecule has 0 aliphatic rings. The average Bonchev–Trinajstić information content (AvgIpc) is 2.08. The second-order valence-electron chi connectivity index (χ2n) is 2.50. The molecule has 0 spiro atoms. The Morgan fingerprint density at radius 1 is 1.77 bits per heavy atom. The molecule has 1 atom stereocenters. The maximum atomic E-state index is 11.1. The van der Waals surface area contributed by atoms with Gasteiger partial charge in [-0.15, -0.1) is 0 Å². The molecule has 0 fully saturated rings. The fraction of sp³-hybridized carbons (Fsp3) is 0.250. The Labute approximate surface area is 89.5 Å². The van der Waals surface area contributed by atoms with Crippen molar-refractivity contribution in [1.82, 2.24) is 4.98 Å². The number of aromatic nitrogens is 1. The zero-order valence-corrected chi connectivity index (χ0v) is 9.15. The highest BCUT2D eigenvalue weighted by molar-refractivity contribution is 14.1. The topological polar surface area (TPSA) is 62.2 Å². The molecule has 1 heterocycles. The van der Waals surface area contributed by atoms with Crippen molar-refractivity contribution >= 4 is 34.3 Å². The minimum Gasteiger partial charge on any atom is -0.384 e. The molecule has 2 N–H and O–H groups in total. The van der Waals surface area contributed by atoms with Gasteiger partial charge >= 0.3 is 0 Å². The third-order valence-electron chi connectivity index (χ3n) is 1.38. The molecule has 1 aromatic rings.